The predicted octanol–water partition coefficient (Wildman–Crippen LogP) is 11.0. The molecular weight excluding hydrogens is 906 g/mol. The second-order valence-electron chi connectivity index (χ2n) is 19.0. The second kappa shape index (κ2) is 20.3. The number of aliphatic hydroxyl groups is 3. The summed E-state index contributed by atoms with van der Waals surface area (Å²) in [7, 11) is 0. The molecule has 2 saturated heterocycles. The van der Waals surface area contributed by atoms with Gasteiger partial charge in [0.1, 0.15) is 6.10 Å². The zero-order valence-corrected chi connectivity index (χ0v) is 40.6. The molecule has 2 aliphatic heterocycles. The summed E-state index contributed by atoms with van der Waals surface area (Å²) in [5, 5.41) is 33.8. The molecule has 2 amide bonds. The molecule has 2 heterocycles. The van der Waals surface area contributed by atoms with E-state index in [1.54, 1.807) is 18.2 Å². The number of hydrogen-bond acceptors (Lipinski definition) is 7. The summed E-state index contributed by atoms with van der Waals surface area (Å²) < 4.78 is 6.45. The van der Waals surface area contributed by atoms with Crippen molar-refractivity contribution in [3.63, 3.8) is 0 Å². The molecule has 3 N–H and O–H groups in total. The molecule has 0 aromatic heterocycles. The van der Waals surface area contributed by atoms with Crippen LogP contribution in [-0.2, 0) is 19.1 Å². The van der Waals surface area contributed by atoms with Crippen LogP contribution in [0.15, 0.2) is 97.1 Å². The SMILES string of the molecule is CCC(CO)N1C(=O)C(C)(C2CC2C(=O)OC(C)C(CC)N2C(=O)C(C)(CC(O)CO)CC(c3cccc(Cl)c3)C2c2ccc(Cl)cc2)CC(c2cccc(Cl)c2)C1c1ccc(Cl)cc1. The van der Waals surface area contributed by atoms with Crippen molar-refractivity contribution >= 4 is 64.2 Å². The third-order valence-electron chi connectivity index (χ3n) is 14.6. The highest BCUT2D eigenvalue weighted by Crippen LogP contribution is 2.62. The monoisotopic (exact) mass is 964 g/mol. The van der Waals surface area contributed by atoms with Crippen LogP contribution in [0.2, 0.25) is 20.1 Å². The molecule has 1 aliphatic carbocycles. The molecular formula is C52H60Cl4N2O7. The molecule has 1 saturated carbocycles. The third-order valence-corrected chi connectivity index (χ3v) is 15.6. The fourth-order valence-electron chi connectivity index (χ4n) is 11.3. The molecule has 0 spiro atoms. The van der Waals surface area contributed by atoms with Crippen LogP contribution in [0, 0.1) is 22.7 Å². The first-order valence-corrected chi connectivity index (χ1v) is 24.3. The maximum Gasteiger partial charge on any atom is 0.309 e. The average molecular weight is 967 g/mol. The first-order chi connectivity index (χ1) is 31.0. The molecule has 3 aliphatic rings. The van der Waals surface area contributed by atoms with Crippen LogP contribution >= 0.6 is 46.4 Å². The second-order valence-corrected chi connectivity index (χ2v) is 20.7. The van der Waals surface area contributed by atoms with E-state index < -0.39 is 65.7 Å². The van der Waals surface area contributed by atoms with Gasteiger partial charge in [0.15, 0.2) is 0 Å². The van der Waals surface area contributed by atoms with Crippen molar-refractivity contribution in [3.05, 3.63) is 139 Å². The van der Waals surface area contributed by atoms with Crippen LogP contribution in [-0.4, -0.2) is 80.4 Å². The summed E-state index contributed by atoms with van der Waals surface area (Å²) in [4.78, 5) is 48.6. The number of esters is 1. The highest BCUT2D eigenvalue weighted by Gasteiger charge is 2.63. The Labute approximate surface area is 403 Å². The minimum Gasteiger partial charge on any atom is -0.460 e. The number of carbonyl (C=O) groups excluding carboxylic acids is 3. The first-order valence-electron chi connectivity index (χ1n) is 22.8. The number of likely N-dealkylation sites (tertiary alicyclic amines) is 2. The van der Waals surface area contributed by atoms with E-state index in [1.165, 1.54) is 0 Å². The Hall–Kier alpha value is -3.67. The van der Waals surface area contributed by atoms with Gasteiger partial charge in [0.2, 0.25) is 11.8 Å². The van der Waals surface area contributed by atoms with Crippen molar-refractivity contribution in [2.75, 3.05) is 13.2 Å². The minimum absolute atomic E-state index is 0.0193. The maximum absolute atomic E-state index is 15.2. The molecule has 12 atom stereocenters. The highest BCUT2D eigenvalue weighted by molar-refractivity contribution is 6.31. The van der Waals surface area contributed by atoms with E-state index in [0.717, 1.165) is 22.3 Å². The van der Waals surface area contributed by atoms with E-state index in [9.17, 15) is 20.1 Å². The molecule has 65 heavy (non-hydrogen) atoms. The average Bonchev–Trinajstić information content (AvgIpc) is 4.10. The van der Waals surface area contributed by atoms with Gasteiger partial charge in [0, 0.05) is 37.3 Å². The van der Waals surface area contributed by atoms with E-state index in [0.29, 0.717) is 52.2 Å². The Morgan fingerprint density at radius 3 is 1.71 bits per heavy atom. The van der Waals surface area contributed by atoms with Gasteiger partial charge in [0.05, 0.1) is 54.8 Å². The number of benzene rings is 4. The van der Waals surface area contributed by atoms with Crippen LogP contribution in [0.3, 0.4) is 0 Å². The molecule has 3 fully saturated rings. The van der Waals surface area contributed by atoms with Gasteiger partial charge in [-0.1, -0.05) is 123 Å². The zero-order valence-electron chi connectivity index (χ0n) is 37.5. The minimum atomic E-state index is -1.13. The van der Waals surface area contributed by atoms with E-state index >= 15 is 9.59 Å². The lowest BCUT2D eigenvalue weighted by Crippen LogP contribution is -2.59. The van der Waals surface area contributed by atoms with Gasteiger partial charge < -0.3 is 29.9 Å². The van der Waals surface area contributed by atoms with E-state index in [4.69, 9.17) is 51.1 Å². The molecule has 12 unspecified atom stereocenters. The zero-order chi connectivity index (χ0) is 47.0. The number of aliphatic hydroxyl groups excluding tert-OH is 3. The Balaban J connectivity index is 1.22. The number of halogens is 4. The summed E-state index contributed by atoms with van der Waals surface area (Å²) >= 11 is 25.9. The van der Waals surface area contributed by atoms with Crippen LogP contribution in [0.1, 0.15) is 119 Å². The highest BCUT2D eigenvalue weighted by atomic mass is 35.5. The molecule has 0 bridgehead atoms. The van der Waals surface area contributed by atoms with Crippen LogP contribution in [0.25, 0.3) is 0 Å². The number of rotatable bonds is 16. The lowest BCUT2D eigenvalue weighted by molar-refractivity contribution is -0.169. The van der Waals surface area contributed by atoms with Crippen molar-refractivity contribution in [3.8, 4) is 0 Å². The number of ether oxygens (including phenoxy) is 1. The maximum atomic E-state index is 15.2. The fraction of sp³-hybridized carbons (Fsp3) is 0.481. The normalized spacial score (nSPS) is 28.7. The number of amides is 2. The molecule has 4 aromatic carbocycles. The van der Waals surface area contributed by atoms with Gasteiger partial charge in [0.25, 0.3) is 0 Å². The topological polar surface area (TPSA) is 128 Å². The van der Waals surface area contributed by atoms with Gasteiger partial charge in [-0.3, -0.25) is 14.4 Å². The lowest BCUT2D eigenvalue weighted by Gasteiger charge is -2.53. The molecule has 13 heteroatoms. The first kappa shape index (κ1) is 49.2. The standard InChI is InChI=1S/C52H60Cl4N2O7/c1-6-39(28-59)57-46(31-14-18-35(53)19-15-31)43(34-11-9-13-38(56)23-34)27-52(5,50(57)64)44-24-41(44)48(62)65-30(3)45(7-2)58-47(32-16-20-36(54)21-17-32)42(33-10-8-12-37(55)22-33)26-51(4,49(58)63)25-40(61)29-60/h8-23,30,39-47,59-61H,6-7,24-29H2,1-5H3. The number of hydrogen-bond donors (Lipinski definition) is 3. The molecule has 7 rings (SSSR count). The van der Waals surface area contributed by atoms with Crippen molar-refractivity contribution in [1.82, 2.24) is 9.80 Å². The molecule has 9 nitrogen and oxygen atoms in total. The van der Waals surface area contributed by atoms with Gasteiger partial charge in [-0.25, -0.2) is 0 Å². The van der Waals surface area contributed by atoms with Crippen molar-refractivity contribution in [2.24, 2.45) is 22.7 Å². The molecule has 4 aromatic rings. The summed E-state index contributed by atoms with van der Waals surface area (Å²) in [6, 6.07) is 28.1. The lowest BCUT2D eigenvalue weighted by atomic mass is 9.65. The number of carbonyl (C=O) groups is 3. The number of piperidine rings is 2. The Kier molecular flexibility index (Phi) is 15.4. The smallest absolute Gasteiger partial charge is 0.309 e. The van der Waals surface area contributed by atoms with Crippen LogP contribution in [0.5, 0.6) is 0 Å². The van der Waals surface area contributed by atoms with E-state index in [-0.39, 0.29) is 42.6 Å². The fourth-order valence-corrected chi connectivity index (χ4v) is 11.9. The van der Waals surface area contributed by atoms with Crippen molar-refractivity contribution in [2.45, 2.75) is 121 Å². The van der Waals surface area contributed by atoms with Gasteiger partial charge in [-0.15, -0.1) is 0 Å². The quantitative estimate of drug-likeness (QED) is 0.0954. The summed E-state index contributed by atoms with van der Waals surface area (Å²) in [6.07, 6.45) is 0.262. The molecule has 0 radical (unpaired) electrons. The predicted molar refractivity (Wildman–Crippen MR) is 256 cm³/mol. The van der Waals surface area contributed by atoms with Gasteiger partial charge in [-0.05, 0) is 122 Å². The largest absolute Gasteiger partial charge is 0.460 e. The van der Waals surface area contributed by atoms with Gasteiger partial charge >= 0.3 is 5.97 Å². The molecule has 348 valence electrons. The Morgan fingerprint density at radius 2 is 1.23 bits per heavy atom. The summed E-state index contributed by atoms with van der Waals surface area (Å²) in [6.45, 7) is 8.76. The summed E-state index contributed by atoms with van der Waals surface area (Å²) in [5.74, 6) is -2.26. The summed E-state index contributed by atoms with van der Waals surface area (Å²) in [5.41, 5.74) is 1.47. The van der Waals surface area contributed by atoms with Crippen molar-refractivity contribution < 1.29 is 34.4 Å². The van der Waals surface area contributed by atoms with Crippen LogP contribution < -0.4 is 0 Å². The Morgan fingerprint density at radius 1 is 0.708 bits per heavy atom. The van der Waals surface area contributed by atoms with E-state index in [1.807, 2.05) is 123 Å². The van der Waals surface area contributed by atoms with Crippen LogP contribution in [0.4, 0.5) is 0 Å². The van der Waals surface area contributed by atoms with Gasteiger partial charge in [-0.2, -0.15) is 0 Å². The van der Waals surface area contributed by atoms with E-state index in [2.05, 4.69) is 0 Å². The third kappa shape index (κ3) is 9.99. The number of nitrogens with zero attached hydrogens (tertiary/aromatic N) is 2. The van der Waals surface area contributed by atoms with Crippen molar-refractivity contribution in [1.29, 1.82) is 0 Å². The Bertz CT molecular complexity index is 2330.